The van der Waals surface area contributed by atoms with Crippen molar-refractivity contribution in [1.82, 2.24) is 15.5 Å². The topological polar surface area (TPSA) is 111 Å². The highest BCUT2D eigenvalue weighted by Crippen LogP contribution is 2.26. The lowest BCUT2D eigenvalue weighted by molar-refractivity contribution is -0.139. The third kappa shape index (κ3) is 6.25. The van der Waals surface area contributed by atoms with E-state index in [0.29, 0.717) is 17.8 Å². The Bertz CT molecular complexity index is 686. The highest BCUT2D eigenvalue weighted by Gasteiger charge is 2.34. The van der Waals surface area contributed by atoms with Crippen LogP contribution in [0.15, 0.2) is 24.3 Å². The minimum atomic E-state index is -0.838. The van der Waals surface area contributed by atoms with E-state index in [1.165, 1.54) is 0 Å². The van der Waals surface area contributed by atoms with Gasteiger partial charge in [0.2, 0.25) is 0 Å². The van der Waals surface area contributed by atoms with Gasteiger partial charge in [0.1, 0.15) is 0 Å². The Balaban J connectivity index is 1.86. The Morgan fingerprint density at radius 1 is 1.26 bits per heavy atom. The predicted octanol–water partition coefficient (Wildman–Crippen LogP) is 1.88. The maximum Gasteiger partial charge on any atom is 0.319 e. The van der Waals surface area contributed by atoms with Crippen molar-refractivity contribution in [2.45, 2.75) is 51.7 Å². The van der Waals surface area contributed by atoms with Crippen molar-refractivity contribution in [3.05, 3.63) is 29.8 Å². The number of likely N-dealkylation sites (N-methyl/N-ethyl adjacent to an activating group) is 1. The smallest absolute Gasteiger partial charge is 0.319 e. The van der Waals surface area contributed by atoms with Gasteiger partial charge in [-0.3, -0.25) is 14.5 Å². The second-order valence-corrected chi connectivity index (χ2v) is 7.09. The summed E-state index contributed by atoms with van der Waals surface area (Å²) in [4.78, 5) is 37.0. The molecule has 4 N–H and O–H groups in total. The molecule has 0 aromatic heterocycles. The molecule has 148 valence electrons. The molecule has 0 heterocycles. The first-order valence-electron chi connectivity index (χ1n) is 9.22. The van der Waals surface area contributed by atoms with E-state index < -0.39 is 5.97 Å². The number of urea groups is 1. The predicted molar refractivity (Wildman–Crippen MR) is 103 cm³/mol. The van der Waals surface area contributed by atoms with Gasteiger partial charge >= 0.3 is 12.0 Å². The van der Waals surface area contributed by atoms with Crippen molar-refractivity contribution < 1.29 is 19.5 Å². The highest BCUT2D eigenvalue weighted by molar-refractivity contribution is 5.97. The summed E-state index contributed by atoms with van der Waals surface area (Å²) in [7, 11) is 0. The van der Waals surface area contributed by atoms with E-state index in [0.717, 1.165) is 12.8 Å². The molecule has 1 saturated carbocycles. The molecule has 27 heavy (non-hydrogen) atoms. The number of amides is 3. The van der Waals surface area contributed by atoms with Crippen molar-refractivity contribution in [3.63, 3.8) is 0 Å². The molecule has 0 atom stereocenters. The first kappa shape index (κ1) is 20.7. The Labute approximate surface area is 159 Å². The molecule has 0 aliphatic heterocycles. The summed E-state index contributed by atoms with van der Waals surface area (Å²) in [5.41, 5.74) is 1.02. The number of carbonyl (C=O) groups is 3. The summed E-state index contributed by atoms with van der Waals surface area (Å²) in [6.07, 6.45) is 1.48. The highest BCUT2D eigenvalue weighted by atomic mass is 16.4. The maximum absolute atomic E-state index is 12.4. The summed E-state index contributed by atoms with van der Waals surface area (Å²) < 4.78 is 0. The Kier molecular flexibility index (Phi) is 7.18. The van der Waals surface area contributed by atoms with Gasteiger partial charge in [-0.25, -0.2) is 4.79 Å². The number of aliphatic carboxylic acids is 1. The van der Waals surface area contributed by atoms with Crippen molar-refractivity contribution in [1.29, 1.82) is 0 Å². The number of hydrogen-bond donors (Lipinski definition) is 4. The lowest BCUT2D eigenvalue weighted by Gasteiger charge is -2.42. The van der Waals surface area contributed by atoms with E-state index in [9.17, 15) is 14.4 Å². The molecular weight excluding hydrogens is 348 g/mol. The SMILES string of the molecule is CCN(CC(=O)O)C1CC(NC(=O)c2cccc(NC(=O)NC(C)C)c2)C1. The molecule has 0 saturated heterocycles. The van der Waals surface area contributed by atoms with Crippen molar-refractivity contribution in [2.24, 2.45) is 0 Å². The summed E-state index contributed by atoms with van der Waals surface area (Å²) in [6.45, 7) is 6.36. The van der Waals surface area contributed by atoms with Gasteiger partial charge in [0.25, 0.3) is 5.91 Å². The van der Waals surface area contributed by atoms with Gasteiger partial charge in [0, 0.05) is 29.4 Å². The lowest BCUT2D eigenvalue weighted by atomic mass is 9.85. The van der Waals surface area contributed by atoms with Crippen LogP contribution in [0, 0.1) is 0 Å². The molecule has 1 aromatic rings. The molecule has 2 rings (SSSR count). The number of carboxylic acids is 1. The first-order valence-corrected chi connectivity index (χ1v) is 9.22. The van der Waals surface area contributed by atoms with Gasteiger partial charge in [-0.15, -0.1) is 0 Å². The molecule has 1 aliphatic carbocycles. The summed E-state index contributed by atoms with van der Waals surface area (Å²) in [5, 5.41) is 17.3. The van der Waals surface area contributed by atoms with Crippen molar-refractivity contribution >= 4 is 23.6 Å². The number of nitrogens with zero attached hydrogens (tertiary/aromatic N) is 1. The number of hydrogen-bond acceptors (Lipinski definition) is 4. The Morgan fingerprint density at radius 2 is 1.96 bits per heavy atom. The van der Waals surface area contributed by atoms with Crippen molar-refractivity contribution in [2.75, 3.05) is 18.4 Å². The number of benzene rings is 1. The average Bonchev–Trinajstić information content (AvgIpc) is 2.55. The normalized spacial score (nSPS) is 18.7. The van der Waals surface area contributed by atoms with Crippen LogP contribution in [0.1, 0.15) is 44.0 Å². The molecule has 1 fully saturated rings. The van der Waals surface area contributed by atoms with Gasteiger partial charge in [-0.1, -0.05) is 13.0 Å². The van der Waals surface area contributed by atoms with Crippen LogP contribution in [0.3, 0.4) is 0 Å². The first-order chi connectivity index (χ1) is 12.8. The monoisotopic (exact) mass is 376 g/mol. The number of carboxylic acid groups (broad SMARTS) is 1. The number of nitrogens with one attached hydrogen (secondary N) is 3. The fraction of sp³-hybridized carbons (Fsp3) is 0.526. The van der Waals surface area contributed by atoms with E-state index in [1.807, 2.05) is 25.7 Å². The lowest BCUT2D eigenvalue weighted by Crippen LogP contribution is -2.54. The van der Waals surface area contributed by atoms with Crippen LogP contribution in [-0.2, 0) is 4.79 Å². The van der Waals surface area contributed by atoms with Crippen LogP contribution in [0.2, 0.25) is 0 Å². The zero-order chi connectivity index (χ0) is 20.0. The molecule has 1 aromatic carbocycles. The van der Waals surface area contributed by atoms with E-state index in [4.69, 9.17) is 5.11 Å². The minimum absolute atomic E-state index is 0.0202. The fourth-order valence-corrected chi connectivity index (χ4v) is 3.11. The van der Waals surface area contributed by atoms with Crippen LogP contribution in [0.4, 0.5) is 10.5 Å². The van der Waals surface area contributed by atoms with E-state index >= 15 is 0 Å². The van der Waals surface area contributed by atoms with Crippen LogP contribution in [0.5, 0.6) is 0 Å². The zero-order valence-corrected chi connectivity index (χ0v) is 16.0. The molecular formula is C19H28N4O4. The summed E-state index contributed by atoms with van der Waals surface area (Å²) >= 11 is 0. The van der Waals surface area contributed by atoms with E-state index in [1.54, 1.807) is 24.3 Å². The maximum atomic E-state index is 12.4. The minimum Gasteiger partial charge on any atom is -0.480 e. The summed E-state index contributed by atoms with van der Waals surface area (Å²) in [5.74, 6) is -1.04. The third-order valence-corrected chi connectivity index (χ3v) is 4.51. The number of rotatable bonds is 8. The van der Waals surface area contributed by atoms with E-state index in [2.05, 4.69) is 16.0 Å². The standard InChI is InChI=1S/C19H28N4O4/c1-4-23(11-17(24)25)16-9-15(10-16)21-18(26)13-6-5-7-14(8-13)22-19(27)20-12(2)3/h5-8,12,15-16H,4,9-11H2,1-3H3,(H,21,26)(H,24,25)(H2,20,22,27). The molecule has 8 nitrogen and oxygen atoms in total. The molecule has 0 spiro atoms. The fourth-order valence-electron chi connectivity index (χ4n) is 3.11. The summed E-state index contributed by atoms with van der Waals surface area (Å²) in [6, 6.07) is 6.69. The van der Waals surface area contributed by atoms with Crippen LogP contribution < -0.4 is 16.0 Å². The van der Waals surface area contributed by atoms with Crippen molar-refractivity contribution in [3.8, 4) is 0 Å². The number of anilines is 1. The van der Waals surface area contributed by atoms with Crippen LogP contribution in [0.25, 0.3) is 0 Å². The molecule has 0 bridgehead atoms. The molecule has 1 aliphatic rings. The number of carbonyl (C=O) groups excluding carboxylic acids is 2. The molecule has 0 radical (unpaired) electrons. The molecule has 3 amide bonds. The average molecular weight is 376 g/mol. The second kappa shape index (κ2) is 9.36. The van der Waals surface area contributed by atoms with Gasteiger partial charge in [0.05, 0.1) is 6.54 Å². The van der Waals surface area contributed by atoms with Gasteiger partial charge < -0.3 is 21.1 Å². The quantitative estimate of drug-likeness (QED) is 0.554. The van der Waals surface area contributed by atoms with Gasteiger partial charge in [-0.05, 0) is 51.4 Å². The van der Waals surface area contributed by atoms with Gasteiger partial charge in [-0.2, -0.15) is 0 Å². The van der Waals surface area contributed by atoms with E-state index in [-0.39, 0.29) is 36.6 Å². The third-order valence-electron chi connectivity index (χ3n) is 4.51. The second-order valence-electron chi connectivity index (χ2n) is 7.09. The van der Waals surface area contributed by atoms with Crippen LogP contribution >= 0.6 is 0 Å². The molecule has 0 unspecified atom stereocenters. The largest absolute Gasteiger partial charge is 0.480 e. The zero-order valence-electron chi connectivity index (χ0n) is 16.0. The van der Waals surface area contributed by atoms with Crippen LogP contribution in [-0.4, -0.2) is 59.1 Å². The molecule has 8 heteroatoms. The Hall–Kier alpha value is -2.61. The van der Waals surface area contributed by atoms with Gasteiger partial charge in [0.15, 0.2) is 0 Å². The Morgan fingerprint density at radius 3 is 2.56 bits per heavy atom.